The molecule has 0 rings (SSSR count). The van der Waals surface area contributed by atoms with Crippen LogP contribution in [0.4, 0.5) is 0 Å². The van der Waals surface area contributed by atoms with Crippen molar-refractivity contribution in [2.45, 2.75) is 31.8 Å². The highest BCUT2D eigenvalue weighted by Crippen LogP contribution is 2.57. The molecule has 0 radical (unpaired) electrons. The summed E-state index contributed by atoms with van der Waals surface area (Å²) in [6.45, 7) is 2.41. The van der Waals surface area contributed by atoms with Crippen molar-refractivity contribution in [1.29, 1.82) is 0 Å². The first kappa shape index (κ1) is 15.1. The third-order valence-electron chi connectivity index (χ3n) is 2.72. The summed E-state index contributed by atoms with van der Waals surface area (Å²) in [6, 6.07) is 0. The Kier molecular flexibility index (Phi) is 4.67. The molecule has 0 aliphatic rings. The number of aliphatic carboxylic acids is 2. The molecule has 0 saturated carbocycles. The van der Waals surface area contributed by atoms with Crippen LogP contribution in [0.25, 0.3) is 0 Å². The number of hydrogen-bond donors (Lipinski definition) is 4. The molecule has 0 fully saturated rings. The van der Waals surface area contributed by atoms with Crippen molar-refractivity contribution in [3.8, 4) is 0 Å². The highest BCUT2D eigenvalue weighted by atomic mass is 31.2. The Bertz CT molecular complexity index is 333. The Labute approximate surface area is 92.3 Å². The fourth-order valence-corrected chi connectivity index (χ4v) is 2.36. The molecule has 0 spiro atoms. The molecule has 2 unspecified atom stereocenters. The molecule has 7 nitrogen and oxygen atoms in total. The van der Waals surface area contributed by atoms with Crippen LogP contribution < -0.4 is 0 Å². The number of carboxylic acid groups (broad SMARTS) is 2. The summed E-state index contributed by atoms with van der Waals surface area (Å²) < 4.78 is 11.2. The fraction of sp³-hybridized carbons (Fsp3) is 0.750. The van der Waals surface area contributed by atoms with Crippen LogP contribution in [0.2, 0.25) is 0 Å². The van der Waals surface area contributed by atoms with Crippen LogP contribution in [0.3, 0.4) is 0 Å². The lowest BCUT2D eigenvalue weighted by Crippen LogP contribution is -2.36. The molecule has 16 heavy (non-hydrogen) atoms. The maximum atomic E-state index is 11.2. The maximum absolute atomic E-state index is 11.2. The lowest BCUT2D eigenvalue weighted by molar-refractivity contribution is -0.141. The molecule has 0 saturated heterocycles. The summed E-state index contributed by atoms with van der Waals surface area (Å²) in [5.74, 6) is -3.54. The van der Waals surface area contributed by atoms with Crippen molar-refractivity contribution in [3.63, 3.8) is 0 Å². The van der Waals surface area contributed by atoms with E-state index in [1.807, 2.05) is 0 Å². The minimum absolute atomic E-state index is 0.491. The predicted octanol–water partition coefficient (Wildman–Crippen LogP) is 0.508. The Morgan fingerprint density at radius 2 is 1.69 bits per heavy atom. The molecule has 4 N–H and O–H groups in total. The van der Waals surface area contributed by atoms with Crippen LogP contribution in [-0.2, 0) is 14.2 Å². The van der Waals surface area contributed by atoms with E-state index >= 15 is 0 Å². The van der Waals surface area contributed by atoms with Crippen molar-refractivity contribution in [1.82, 2.24) is 0 Å². The Hall–Kier alpha value is -0.910. The van der Waals surface area contributed by atoms with Crippen molar-refractivity contribution in [2.24, 2.45) is 5.92 Å². The van der Waals surface area contributed by atoms with Crippen LogP contribution in [0.1, 0.15) is 26.7 Å². The number of carbonyl (C=O) groups is 2. The van der Waals surface area contributed by atoms with Crippen LogP contribution in [-0.4, -0.2) is 37.1 Å². The van der Waals surface area contributed by atoms with E-state index in [4.69, 9.17) is 20.0 Å². The lowest BCUT2D eigenvalue weighted by atomic mass is 9.89. The van der Waals surface area contributed by atoms with E-state index in [9.17, 15) is 14.2 Å². The second kappa shape index (κ2) is 4.95. The first-order valence-corrected chi connectivity index (χ1v) is 6.11. The molecule has 0 bridgehead atoms. The van der Waals surface area contributed by atoms with Gasteiger partial charge in [-0.15, -0.1) is 0 Å². The molecule has 0 aromatic heterocycles. The summed E-state index contributed by atoms with van der Waals surface area (Å²) in [4.78, 5) is 39.3. The molecule has 8 heteroatoms. The molecule has 2 atom stereocenters. The van der Waals surface area contributed by atoms with E-state index in [0.29, 0.717) is 0 Å². The first-order chi connectivity index (χ1) is 7.00. The monoisotopic (exact) mass is 254 g/mol. The molecule has 0 heterocycles. The SMILES string of the molecule is CC(CC(=O)O)C(C)(CC(=O)O)P(=O)(O)O. The highest BCUT2D eigenvalue weighted by molar-refractivity contribution is 7.53. The van der Waals surface area contributed by atoms with Crippen LogP contribution in [0.15, 0.2) is 0 Å². The first-order valence-electron chi connectivity index (χ1n) is 4.50. The van der Waals surface area contributed by atoms with Crippen molar-refractivity contribution in [2.75, 3.05) is 0 Å². The zero-order chi connectivity index (χ0) is 13.1. The summed E-state index contributed by atoms with van der Waals surface area (Å²) in [6.07, 6.45) is -1.26. The Morgan fingerprint density at radius 1 is 1.25 bits per heavy atom. The van der Waals surface area contributed by atoms with E-state index in [0.717, 1.165) is 6.92 Å². The minimum Gasteiger partial charge on any atom is -0.481 e. The van der Waals surface area contributed by atoms with Crippen LogP contribution in [0.5, 0.6) is 0 Å². The van der Waals surface area contributed by atoms with Crippen molar-refractivity contribution in [3.05, 3.63) is 0 Å². The Morgan fingerprint density at radius 3 is 1.94 bits per heavy atom. The molecule has 0 amide bonds. The quantitative estimate of drug-likeness (QED) is 0.507. The predicted molar refractivity (Wildman–Crippen MR) is 54.1 cm³/mol. The van der Waals surface area contributed by atoms with Crippen LogP contribution in [0, 0.1) is 5.92 Å². The van der Waals surface area contributed by atoms with Gasteiger partial charge in [-0.3, -0.25) is 14.2 Å². The second-order valence-electron chi connectivity index (χ2n) is 3.97. The average Bonchev–Trinajstić information content (AvgIpc) is 1.98. The Balaban J connectivity index is 5.15. The third-order valence-corrected chi connectivity index (χ3v) is 4.65. The number of rotatable bonds is 6. The lowest BCUT2D eigenvalue weighted by Gasteiger charge is -2.33. The van der Waals surface area contributed by atoms with Gasteiger partial charge in [0, 0.05) is 6.42 Å². The van der Waals surface area contributed by atoms with E-state index in [1.165, 1.54) is 6.92 Å². The zero-order valence-corrected chi connectivity index (χ0v) is 9.85. The fourth-order valence-electron chi connectivity index (χ4n) is 1.35. The zero-order valence-electron chi connectivity index (χ0n) is 8.95. The number of carboxylic acids is 2. The summed E-state index contributed by atoms with van der Waals surface area (Å²) in [5.41, 5.74) is 0. The van der Waals surface area contributed by atoms with E-state index in [-0.39, 0.29) is 0 Å². The van der Waals surface area contributed by atoms with E-state index < -0.39 is 43.5 Å². The largest absolute Gasteiger partial charge is 0.481 e. The normalized spacial score (nSPS) is 17.5. The van der Waals surface area contributed by atoms with E-state index in [2.05, 4.69) is 0 Å². The van der Waals surface area contributed by atoms with Crippen molar-refractivity contribution < 1.29 is 34.2 Å². The molecule has 94 valence electrons. The summed E-state index contributed by atoms with van der Waals surface area (Å²) in [5, 5.41) is 15.3. The standard InChI is InChI=1S/C8H15O7P/c1-5(3-6(9)10)8(2,4-7(11)12)16(13,14)15/h5H,3-4H2,1-2H3,(H,9,10)(H,11,12)(H2,13,14,15). The summed E-state index contributed by atoms with van der Waals surface area (Å²) >= 11 is 0. The van der Waals surface area contributed by atoms with Gasteiger partial charge in [0.25, 0.3) is 0 Å². The minimum atomic E-state index is -4.70. The van der Waals surface area contributed by atoms with Crippen molar-refractivity contribution >= 4 is 19.5 Å². The van der Waals surface area contributed by atoms with Gasteiger partial charge in [-0.1, -0.05) is 6.92 Å². The van der Waals surface area contributed by atoms with Gasteiger partial charge in [-0.05, 0) is 12.8 Å². The maximum Gasteiger partial charge on any atom is 0.332 e. The molecular weight excluding hydrogens is 239 g/mol. The molecule has 0 aliphatic heterocycles. The van der Waals surface area contributed by atoms with Gasteiger partial charge in [-0.25, -0.2) is 0 Å². The van der Waals surface area contributed by atoms with Gasteiger partial charge in [-0.2, -0.15) is 0 Å². The summed E-state index contributed by atoms with van der Waals surface area (Å²) in [7, 11) is -4.70. The topological polar surface area (TPSA) is 132 Å². The highest BCUT2D eigenvalue weighted by Gasteiger charge is 2.48. The molecular formula is C8H15O7P. The smallest absolute Gasteiger partial charge is 0.332 e. The average molecular weight is 254 g/mol. The molecule has 0 aliphatic carbocycles. The van der Waals surface area contributed by atoms with Gasteiger partial charge in [0.2, 0.25) is 0 Å². The molecule has 0 aromatic rings. The third kappa shape index (κ3) is 3.59. The van der Waals surface area contributed by atoms with Gasteiger partial charge in [0.05, 0.1) is 11.6 Å². The molecule has 0 aromatic carbocycles. The number of hydrogen-bond acceptors (Lipinski definition) is 3. The van der Waals surface area contributed by atoms with Gasteiger partial charge in [0.1, 0.15) is 0 Å². The van der Waals surface area contributed by atoms with Gasteiger partial charge < -0.3 is 20.0 Å². The second-order valence-corrected chi connectivity index (χ2v) is 6.08. The van der Waals surface area contributed by atoms with E-state index in [1.54, 1.807) is 0 Å². The van der Waals surface area contributed by atoms with Gasteiger partial charge >= 0.3 is 19.5 Å². The van der Waals surface area contributed by atoms with Crippen LogP contribution >= 0.6 is 7.60 Å². The van der Waals surface area contributed by atoms with Gasteiger partial charge in [0.15, 0.2) is 0 Å².